The van der Waals surface area contributed by atoms with Crippen LogP contribution in [0.25, 0.3) is 11.2 Å². The molecule has 4 heterocycles. The smallest absolute Gasteiger partial charge is 0.182 e. The molecule has 2 aliphatic rings. The Morgan fingerprint density at radius 3 is 2.62 bits per heavy atom. The van der Waals surface area contributed by atoms with Gasteiger partial charge in [0.25, 0.3) is 0 Å². The van der Waals surface area contributed by atoms with E-state index in [4.69, 9.17) is 0 Å². The van der Waals surface area contributed by atoms with Crippen molar-refractivity contribution in [1.29, 1.82) is 0 Å². The number of aliphatic hydroxyl groups is 1. The van der Waals surface area contributed by atoms with Crippen molar-refractivity contribution in [2.45, 2.75) is 18.1 Å². The molecule has 1 aromatic carbocycles. The molecule has 0 spiro atoms. The first-order valence-corrected chi connectivity index (χ1v) is 10.2. The maximum Gasteiger partial charge on any atom is 0.182 e. The first-order chi connectivity index (χ1) is 14.1. The lowest BCUT2D eigenvalue weighted by Gasteiger charge is -2.51. The topological polar surface area (TPSA) is 84.4 Å². The largest absolute Gasteiger partial charge is 0.383 e. The Balaban J connectivity index is 1.50. The van der Waals surface area contributed by atoms with E-state index in [1.54, 1.807) is 12.7 Å². The Labute approximate surface area is 170 Å². The van der Waals surface area contributed by atoms with Crippen LogP contribution in [0.2, 0.25) is 0 Å². The molecule has 0 aliphatic carbocycles. The quantitative estimate of drug-likeness (QED) is 0.688. The van der Waals surface area contributed by atoms with E-state index in [2.05, 4.69) is 53.8 Å². The molecule has 3 aromatic rings. The van der Waals surface area contributed by atoms with Crippen molar-refractivity contribution in [2.75, 3.05) is 51.2 Å². The number of aromatic nitrogens is 4. The highest BCUT2D eigenvalue weighted by atomic mass is 16.3. The molecule has 2 aliphatic heterocycles. The molecule has 2 atom stereocenters. The van der Waals surface area contributed by atoms with E-state index in [0.717, 1.165) is 49.6 Å². The van der Waals surface area contributed by atoms with Gasteiger partial charge in [0, 0.05) is 39.3 Å². The van der Waals surface area contributed by atoms with Gasteiger partial charge in [-0.25, -0.2) is 15.0 Å². The van der Waals surface area contributed by atoms with Crippen molar-refractivity contribution in [3.63, 3.8) is 0 Å². The van der Waals surface area contributed by atoms with Crippen LogP contribution in [0.5, 0.6) is 0 Å². The number of rotatable bonds is 3. The zero-order chi connectivity index (χ0) is 19.8. The van der Waals surface area contributed by atoms with E-state index < -0.39 is 5.60 Å². The number of piperidine rings is 1. The van der Waals surface area contributed by atoms with E-state index in [9.17, 15) is 5.11 Å². The third-order valence-electron chi connectivity index (χ3n) is 6.46. The minimum Gasteiger partial charge on any atom is -0.383 e. The number of H-pyrrole nitrogens is 1. The monoisotopic (exact) mass is 393 g/mol. The standard InChI is InChI=1S/C21H27N7O/c1-26-9-11-27(12-10-26)17-13-28(20-18-19(23-14-22-18)24-15-25-20)8-7-21(17,29)16-5-3-2-4-6-16/h2-6,14-15,17,29H,7-13H2,1H3,(H,22,23,24,25)/t17-,21+/m1/s1. The first-order valence-electron chi connectivity index (χ1n) is 10.2. The summed E-state index contributed by atoms with van der Waals surface area (Å²) in [5, 5.41) is 11.9. The van der Waals surface area contributed by atoms with Crippen molar-refractivity contribution in [2.24, 2.45) is 0 Å². The summed E-state index contributed by atoms with van der Waals surface area (Å²) < 4.78 is 0. The molecular weight excluding hydrogens is 366 g/mol. The van der Waals surface area contributed by atoms with Crippen molar-refractivity contribution in [3.05, 3.63) is 48.5 Å². The van der Waals surface area contributed by atoms with Gasteiger partial charge < -0.3 is 19.9 Å². The molecule has 0 bridgehead atoms. The number of piperazine rings is 1. The van der Waals surface area contributed by atoms with Gasteiger partial charge >= 0.3 is 0 Å². The van der Waals surface area contributed by atoms with Crippen LogP contribution in [0.4, 0.5) is 5.82 Å². The predicted octanol–water partition coefficient (Wildman–Crippen LogP) is 1.07. The third kappa shape index (κ3) is 3.27. The minimum atomic E-state index is -0.881. The number of hydrogen-bond acceptors (Lipinski definition) is 7. The van der Waals surface area contributed by atoms with Crippen LogP contribution in [0, 0.1) is 0 Å². The van der Waals surface area contributed by atoms with Crippen LogP contribution in [-0.4, -0.2) is 87.2 Å². The van der Waals surface area contributed by atoms with Crippen LogP contribution >= 0.6 is 0 Å². The normalized spacial score (nSPS) is 26.8. The summed E-state index contributed by atoms with van der Waals surface area (Å²) in [6.45, 7) is 5.36. The van der Waals surface area contributed by atoms with Gasteiger partial charge in [0.15, 0.2) is 11.5 Å². The lowest BCUT2D eigenvalue weighted by Crippen LogP contribution is -2.64. The average Bonchev–Trinajstić information content (AvgIpc) is 3.25. The number of nitrogens with zero attached hydrogens (tertiary/aromatic N) is 6. The molecule has 152 valence electrons. The van der Waals surface area contributed by atoms with Crippen LogP contribution in [0.3, 0.4) is 0 Å². The molecule has 29 heavy (non-hydrogen) atoms. The predicted molar refractivity (Wildman–Crippen MR) is 112 cm³/mol. The number of anilines is 1. The van der Waals surface area contributed by atoms with Crippen molar-refractivity contribution < 1.29 is 5.11 Å². The molecule has 0 radical (unpaired) electrons. The average molecular weight is 393 g/mol. The van der Waals surface area contributed by atoms with Gasteiger partial charge in [-0.05, 0) is 19.0 Å². The fraction of sp³-hybridized carbons (Fsp3) is 0.476. The molecule has 8 heteroatoms. The van der Waals surface area contributed by atoms with Crippen molar-refractivity contribution >= 4 is 17.0 Å². The zero-order valence-electron chi connectivity index (χ0n) is 16.7. The molecule has 8 nitrogen and oxygen atoms in total. The Morgan fingerprint density at radius 2 is 1.83 bits per heavy atom. The Bertz CT molecular complexity index is 969. The van der Waals surface area contributed by atoms with Crippen LogP contribution < -0.4 is 4.90 Å². The van der Waals surface area contributed by atoms with E-state index >= 15 is 0 Å². The zero-order valence-corrected chi connectivity index (χ0v) is 16.7. The Hall–Kier alpha value is -2.55. The number of likely N-dealkylation sites (N-methyl/N-ethyl adjacent to an activating group) is 1. The molecule has 2 aromatic heterocycles. The highest BCUT2D eigenvalue weighted by Gasteiger charge is 2.46. The maximum atomic E-state index is 11.9. The number of imidazole rings is 1. The summed E-state index contributed by atoms with van der Waals surface area (Å²) >= 11 is 0. The highest BCUT2D eigenvalue weighted by Crippen LogP contribution is 2.38. The second-order valence-electron chi connectivity index (χ2n) is 8.14. The van der Waals surface area contributed by atoms with Gasteiger partial charge in [-0.1, -0.05) is 30.3 Å². The van der Waals surface area contributed by atoms with E-state index in [1.807, 2.05) is 18.2 Å². The summed E-state index contributed by atoms with van der Waals surface area (Å²) in [5.74, 6) is 0.863. The van der Waals surface area contributed by atoms with Crippen LogP contribution in [-0.2, 0) is 5.60 Å². The number of aromatic amines is 1. The molecular formula is C21H27N7O. The summed E-state index contributed by atoms with van der Waals surface area (Å²) in [4.78, 5) is 23.3. The Kier molecular flexibility index (Phi) is 4.69. The molecule has 0 saturated carbocycles. The van der Waals surface area contributed by atoms with Gasteiger partial charge in [-0.3, -0.25) is 4.90 Å². The molecule has 0 unspecified atom stereocenters. The molecule has 2 N–H and O–H groups in total. The number of hydrogen-bond donors (Lipinski definition) is 2. The SMILES string of the molecule is CN1CCN([C@@H]2CN(c3ncnc4nc[nH]c34)CC[C@]2(O)c2ccccc2)CC1. The van der Waals surface area contributed by atoms with Crippen molar-refractivity contribution in [3.8, 4) is 0 Å². The molecule has 5 rings (SSSR count). The van der Waals surface area contributed by atoms with Crippen LogP contribution in [0.15, 0.2) is 43.0 Å². The van der Waals surface area contributed by atoms with Gasteiger partial charge in [0.1, 0.15) is 17.4 Å². The Morgan fingerprint density at radius 1 is 1.03 bits per heavy atom. The lowest BCUT2D eigenvalue weighted by atomic mass is 9.79. The number of nitrogens with one attached hydrogen (secondary N) is 1. The van der Waals surface area contributed by atoms with E-state index in [-0.39, 0.29) is 6.04 Å². The van der Waals surface area contributed by atoms with Crippen molar-refractivity contribution in [1.82, 2.24) is 29.7 Å². The van der Waals surface area contributed by atoms with Gasteiger partial charge in [-0.15, -0.1) is 0 Å². The molecule has 2 saturated heterocycles. The lowest BCUT2D eigenvalue weighted by molar-refractivity contribution is -0.0757. The highest BCUT2D eigenvalue weighted by molar-refractivity contribution is 5.82. The minimum absolute atomic E-state index is 0.0136. The van der Waals surface area contributed by atoms with E-state index in [0.29, 0.717) is 18.6 Å². The van der Waals surface area contributed by atoms with Gasteiger partial charge in [-0.2, -0.15) is 0 Å². The third-order valence-corrected chi connectivity index (χ3v) is 6.46. The van der Waals surface area contributed by atoms with E-state index in [1.165, 1.54) is 0 Å². The van der Waals surface area contributed by atoms with Gasteiger partial charge in [0.05, 0.1) is 12.4 Å². The number of fused-ring (bicyclic) bond motifs is 1. The molecule has 2 fully saturated rings. The summed E-state index contributed by atoms with van der Waals surface area (Å²) in [6, 6.07) is 10.1. The second-order valence-corrected chi connectivity index (χ2v) is 8.14. The number of benzene rings is 1. The fourth-order valence-electron chi connectivity index (χ4n) is 4.72. The maximum absolute atomic E-state index is 11.9. The summed E-state index contributed by atoms with van der Waals surface area (Å²) in [7, 11) is 2.16. The molecule has 0 amide bonds. The fourth-order valence-corrected chi connectivity index (χ4v) is 4.72. The van der Waals surface area contributed by atoms with Crippen LogP contribution in [0.1, 0.15) is 12.0 Å². The summed E-state index contributed by atoms with van der Waals surface area (Å²) in [5.41, 5.74) is 1.65. The van der Waals surface area contributed by atoms with Gasteiger partial charge in [0.2, 0.25) is 0 Å². The second kappa shape index (κ2) is 7.37. The first kappa shape index (κ1) is 18.5. The summed E-state index contributed by atoms with van der Waals surface area (Å²) in [6.07, 6.45) is 3.88.